The van der Waals surface area contributed by atoms with Gasteiger partial charge < -0.3 is 14.2 Å². The Kier molecular flexibility index (Phi) is 3.54. The minimum Gasteiger partial charge on any atom is -0.423 e. The van der Waals surface area contributed by atoms with Crippen LogP contribution in [0.4, 0.5) is 11.8 Å². The zero-order valence-corrected chi connectivity index (χ0v) is 14.1. The van der Waals surface area contributed by atoms with Crippen LogP contribution >= 0.6 is 0 Å². The fourth-order valence-electron chi connectivity index (χ4n) is 3.79. The molecule has 1 saturated heterocycles. The summed E-state index contributed by atoms with van der Waals surface area (Å²) in [4.78, 5) is 18.0. The Morgan fingerprint density at radius 3 is 2.52 bits per heavy atom. The van der Waals surface area contributed by atoms with Crippen LogP contribution in [-0.4, -0.2) is 40.1 Å². The predicted molar refractivity (Wildman–Crippen MR) is 96.8 cm³/mol. The summed E-state index contributed by atoms with van der Waals surface area (Å²) in [5.41, 5.74) is 1.79. The van der Waals surface area contributed by atoms with E-state index in [2.05, 4.69) is 24.8 Å². The van der Waals surface area contributed by atoms with Crippen LogP contribution in [0, 0.1) is 0 Å². The summed E-state index contributed by atoms with van der Waals surface area (Å²) in [6, 6.07) is 11.9. The molecule has 3 heterocycles. The van der Waals surface area contributed by atoms with E-state index in [9.17, 15) is 0 Å². The molecule has 3 aromatic rings. The van der Waals surface area contributed by atoms with Gasteiger partial charge in [-0.25, -0.2) is 9.97 Å². The molecule has 2 aromatic heterocycles. The normalized spacial score (nSPS) is 18.6. The van der Waals surface area contributed by atoms with E-state index in [1.165, 1.54) is 12.8 Å². The van der Waals surface area contributed by atoms with Gasteiger partial charge in [-0.15, -0.1) is 0 Å². The van der Waals surface area contributed by atoms with Crippen LogP contribution in [0.25, 0.3) is 11.1 Å². The van der Waals surface area contributed by atoms with E-state index in [1.807, 2.05) is 36.5 Å². The molecule has 0 spiro atoms. The van der Waals surface area contributed by atoms with Crippen molar-refractivity contribution in [1.29, 1.82) is 0 Å². The molecule has 128 valence electrons. The van der Waals surface area contributed by atoms with E-state index in [1.54, 1.807) is 6.33 Å². The van der Waals surface area contributed by atoms with Crippen molar-refractivity contribution in [3.8, 4) is 0 Å². The SMILES string of the molecule is c1ccc2oc(N3CCC(N(c4ccncn4)C4CC4)CC3)nc2c1. The Bertz CT molecular complexity index is 819. The molecule has 6 nitrogen and oxygen atoms in total. The van der Waals surface area contributed by atoms with E-state index in [4.69, 9.17) is 4.42 Å². The fraction of sp³-hybridized carbons (Fsp3) is 0.421. The molecule has 6 heteroatoms. The predicted octanol–water partition coefficient (Wildman–Crippen LogP) is 3.26. The lowest BCUT2D eigenvalue weighted by Gasteiger charge is -2.38. The van der Waals surface area contributed by atoms with Gasteiger partial charge in [-0.2, -0.15) is 4.98 Å². The highest BCUT2D eigenvalue weighted by Crippen LogP contribution is 2.35. The summed E-state index contributed by atoms with van der Waals surface area (Å²) in [6.45, 7) is 1.93. The molecule has 2 aliphatic rings. The molecule has 0 N–H and O–H groups in total. The van der Waals surface area contributed by atoms with Crippen molar-refractivity contribution in [1.82, 2.24) is 15.0 Å². The number of fused-ring (bicyclic) bond motifs is 1. The van der Waals surface area contributed by atoms with Gasteiger partial charge in [0, 0.05) is 31.4 Å². The maximum atomic E-state index is 5.93. The molecule has 25 heavy (non-hydrogen) atoms. The number of benzene rings is 1. The van der Waals surface area contributed by atoms with Gasteiger partial charge in [-0.05, 0) is 43.9 Å². The van der Waals surface area contributed by atoms with Crippen LogP contribution in [-0.2, 0) is 0 Å². The number of aromatic nitrogens is 3. The lowest BCUT2D eigenvalue weighted by atomic mass is 10.0. The summed E-state index contributed by atoms with van der Waals surface area (Å²) in [5, 5.41) is 0. The molecule has 1 aliphatic heterocycles. The van der Waals surface area contributed by atoms with Gasteiger partial charge >= 0.3 is 0 Å². The number of piperidine rings is 1. The number of para-hydroxylation sites is 2. The second-order valence-electron chi connectivity index (χ2n) is 6.89. The maximum Gasteiger partial charge on any atom is 0.298 e. The smallest absolute Gasteiger partial charge is 0.298 e. The molecule has 0 unspecified atom stereocenters. The van der Waals surface area contributed by atoms with E-state index in [0.717, 1.165) is 48.9 Å². The van der Waals surface area contributed by atoms with Crippen LogP contribution in [0.15, 0.2) is 47.3 Å². The molecule has 0 radical (unpaired) electrons. The molecular formula is C19H21N5O. The second kappa shape index (κ2) is 6.02. The summed E-state index contributed by atoms with van der Waals surface area (Å²) in [6.07, 6.45) is 8.23. The third-order valence-electron chi connectivity index (χ3n) is 5.18. The first-order chi connectivity index (χ1) is 12.4. The Hall–Kier alpha value is -2.63. The van der Waals surface area contributed by atoms with Gasteiger partial charge in [0.15, 0.2) is 5.58 Å². The Morgan fingerprint density at radius 2 is 1.80 bits per heavy atom. The minimum atomic E-state index is 0.531. The van der Waals surface area contributed by atoms with Crippen molar-refractivity contribution in [2.75, 3.05) is 22.9 Å². The average molecular weight is 335 g/mol. The lowest BCUT2D eigenvalue weighted by molar-refractivity contribution is 0.437. The van der Waals surface area contributed by atoms with Gasteiger partial charge in [0.2, 0.25) is 0 Å². The third kappa shape index (κ3) is 2.81. The van der Waals surface area contributed by atoms with Gasteiger partial charge in [-0.1, -0.05) is 12.1 Å². The first-order valence-corrected chi connectivity index (χ1v) is 9.03. The van der Waals surface area contributed by atoms with Crippen molar-refractivity contribution in [3.05, 3.63) is 42.9 Å². The van der Waals surface area contributed by atoms with Crippen LogP contribution in [0.1, 0.15) is 25.7 Å². The highest BCUT2D eigenvalue weighted by atomic mass is 16.4. The molecule has 0 atom stereocenters. The zero-order valence-electron chi connectivity index (χ0n) is 14.1. The largest absolute Gasteiger partial charge is 0.423 e. The maximum absolute atomic E-state index is 5.93. The van der Waals surface area contributed by atoms with E-state index in [0.29, 0.717) is 12.1 Å². The fourth-order valence-corrected chi connectivity index (χ4v) is 3.79. The van der Waals surface area contributed by atoms with Crippen molar-refractivity contribution in [2.24, 2.45) is 0 Å². The van der Waals surface area contributed by atoms with Crippen molar-refractivity contribution >= 4 is 22.9 Å². The number of rotatable bonds is 4. The summed E-state index contributed by atoms with van der Waals surface area (Å²) in [7, 11) is 0. The lowest BCUT2D eigenvalue weighted by Crippen LogP contribution is -2.46. The highest BCUT2D eigenvalue weighted by molar-refractivity contribution is 5.74. The van der Waals surface area contributed by atoms with Gasteiger partial charge in [-0.3, -0.25) is 0 Å². The van der Waals surface area contributed by atoms with Gasteiger partial charge in [0.05, 0.1) is 0 Å². The first kappa shape index (κ1) is 14.7. The highest BCUT2D eigenvalue weighted by Gasteiger charge is 2.36. The van der Waals surface area contributed by atoms with E-state index >= 15 is 0 Å². The number of hydrogen-bond donors (Lipinski definition) is 0. The van der Waals surface area contributed by atoms with Crippen LogP contribution in [0.3, 0.4) is 0 Å². The third-order valence-corrected chi connectivity index (χ3v) is 5.18. The minimum absolute atomic E-state index is 0.531. The quantitative estimate of drug-likeness (QED) is 0.729. The average Bonchev–Trinajstić information content (AvgIpc) is 3.40. The van der Waals surface area contributed by atoms with E-state index in [-0.39, 0.29) is 0 Å². The molecule has 0 bridgehead atoms. The monoisotopic (exact) mass is 335 g/mol. The first-order valence-electron chi connectivity index (χ1n) is 9.03. The molecule has 1 aliphatic carbocycles. The Labute approximate surface area is 146 Å². The summed E-state index contributed by atoms with van der Waals surface area (Å²) < 4.78 is 5.93. The van der Waals surface area contributed by atoms with Crippen LogP contribution < -0.4 is 9.80 Å². The molecule has 1 aromatic carbocycles. The number of oxazole rings is 1. The van der Waals surface area contributed by atoms with Gasteiger partial charge in [0.1, 0.15) is 17.7 Å². The van der Waals surface area contributed by atoms with Crippen LogP contribution in [0.5, 0.6) is 0 Å². The van der Waals surface area contributed by atoms with E-state index < -0.39 is 0 Å². The number of hydrogen-bond acceptors (Lipinski definition) is 6. The van der Waals surface area contributed by atoms with Crippen molar-refractivity contribution in [2.45, 2.75) is 37.8 Å². The summed E-state index contributed by atoms with van der Waals surface area (Å²) in [5.74, 6) is 1.07. The molecule has 0 amide bonds. The standard InChI is InChI=1S/C19H21N5O/c1-2-4-17-16(3-1)22-19(25-17)23-11-8-15(9-12-23)24(14-5-6-14)18-7-10-20-13-21-18/h1-4,7,10,13-15H,5-6,8-9,11-12H2. The molecule has 5 rings (SSSR count). The summed E-state index contributed by atoms with van der Waals surface area (Å²) >= 11 is 0. The number of nitrogens with zero attached hydrogens (tertiary/aromatic N) is 5. The molecule has 1 saturated carbocycles. The zero-order chi connectivity index (χ0) is 16.6. The molecular weight excluding hydrogens is 314 g/mol. The van der Waals surface area contributed by atoms with Crippen LogP contribution in [0.2, 0.25) is 0 Å². The Morgan fingerprint density at radius 1 is 1.00 bits per heavy atom. The Balaban J connectivity index is 1.32. The molecule has 2 fully saturated rings. The van der Waals surface area contributed by atoms with Crippen molar-refractivity contribution in [3.63, 3.8) is 0 Å². The van der Waals surface area contributed by atoms with Gasteiger partial charge in [0.25, 0.3) is 6.01 Å². The van der Waals surface area contributed by atoms with Crippen molar-refractivity contribution < 1.29 is 4.42 Å². The topological polar surface area (TPSA) is 58.3 Å². The number of anilines is 2. The second-order valence-corrected chi connectivity index (χ2v) is 6.89.